The first-order valence-electron chi connectivity index (χ1n) is 4.85. The molecular weight excluding hydrogens is 248 g/mol. The van der Waals surface area contributed by atoms with Crippen molar-refractivity contribution in [3.8, 4) is 0 Å². The van der Waals surface area contributed by atoms with Gasteiger partial charge in [0.15, 0.2) is 0 Å². The topological polar surface area (TPSA) is 110 Å². The van der Waals surface area contributed by atoms with Gasteiger partial charge in [-0.1, -0.05) is 0 Å². The number of nitro groups is 1. The van der Waals surface area contributed by atoms with Gasteiger partial charge < -0.3 is 15.9 Å². The largest absolute Gasteiger partial charge is 0.398 e. The van der Waals surface area contributed by atoms with E-state index in [0.29, 0.717) is 5.56 Å². The first-order chi connectivity index (χ1) is 7.88. The molecule has 0 fully saturated rings. The van der Waals surface area contributed by atoms with Gasteiger partial charge in [0.25, 0.3) is 5.69 Å². The molecule has 1 rings (SSSR count). The summed E-state index contributed by atoms with van der Waals surface area (Å²) in [6, 6.07) is 2.54. The van der Waals surface area contributed by atoms with E-state index in [1.165, 1.54) is 13.0 Å². The maximum Gasteiger partial charge on any atom is 0.274 e. The molecule has 1 aromatic carbocycles. The summed E-state index contributed by atoms with van der Waals surface area (Å²) in [4.78, 5) is 10.1. The zero-order valence-corrected chi connectivity index (χ0v) is 9.89. The van der Waals surface area contributed by atoms with Crippen molar-refractivity contribution < 1.29 is 15.1 Å². The molecule has 0 heterocycles. The molecule has 0 spiro atoms. The molecule has 7 heteroatoms. The number of aryl methyl sites for hydroxylation is 1. The number of rotatable bonds is 4. The number of hydrogen-bond donors (Lipinski definition) is 3. The van der Waals surface area contributed by atoms with Gasteiger partial charge >= 0.3 is 0 Å². The quantitative estimate of drug-likeness (QED) is 0.325. The number of nitrogen functional groups attached to an aromatic ring is 1. The molecule has 2 atom stereocenters. The van der Waals surface area contributed by atoms with E-state index in [2.05, 4.69) is 0 Å². The number of nitro benzene ring substituents is 1. The van der Waals surface area contributed by atoms with Crippen LogP contribution in [0.3, 0.4) is 0 Å². The fraction of sp³-hybridized carbons (Fsp3) is 0.400. The van der Waals surface area contributed by atoms with Gasteiger partial charge in [-0.05, 0) is 13.0 Å². The predicted molar refractivity (Wildman–Crippen MR) is 63.9 cm³/mol. The van der Waals surface area contributed by atoms with Crippen LogP contribution in [-0.4, -0.2) is 27.1 Å². The lowest BCUT2D eigenvalue weighted by molar-refractivity contribution is -0.385. The molecular formula is C10H13ClN2O4. The van der Waals surface area contributed by atoms with Crippen LogP contribution in [0.4, 0.5) is 11.4 Å². The number of aliphatic hydroxyl groups is 2. The summed E-state index contributed by atoms with van der Waals surface area (Å²) in [7, 11) is 0. The van der Waals surface area contributed by atoms with E-state index in [4.69, 9.17) is 17.3 Å². The van der Waals surface area contributed by atoms with E-state index in [1.807, 2.05) is 0 Å². The highest BCUT2D eigenvalue weighted by Gasteiger charge is 2.23. The first kappa shape index (κ1) is 13.7. The second-order valence-electron chi connectivity index (χ2n) is 3.69. The molecule has 4 N–H and O–H groups in total. The minimum Gasteiger partial charge on any atom is -0.398 e. The Morgan fingerprint density at radius 1 is 1.53 bits per heavy atom. The van der Waals surface area contributed by atoms with E-state index < -0.39 is 17.1 Å². The smallest absolute Gasteiger partial charge is 0.274 e. The molecule has 0 radical (unpaired) electrons. The number of nitrogens with zero attached hydrogens (tertiary/aromatic N) is 1. The number of nitrogens with two attached hydrogens (primary N) is 1. The van der Waals surface area contributed by atoms with Gasteiger partial charge in [0.2, 0.25) is 0 Å². The molecule has 94 valence electrons. The van der Waals surface area contributed by atoms with E-state index >= 15 is 0 Å². The monoisotopic (exact) mass is 260 g/mol. The van der Waals surface area contributed by atoms with Crippen LogP contribution in [0, 0.1) is 17.0 Å². The van der Waals surface area contributed by atoms with Gasteiger partial charge in [0, 0.05) is 22.9 Å². The third-order valence-electron chi connectivity index (χ3n) is 2.44. The highest BCUT2D eigenvalue weighted by molar-refractivity contribution is 6.18. The summed E-state index contributed by atoms with van der Waals surface area (Å²) in [5.74, 6) is -0.156. The molecule has 0 saturated heterocycles. The third-order valence-corrected chi connectivity index (χ3v) is 2.76. The summed E-state index contributed by atoms with van der Waals surface area (Å²) in [6.45, 7) is 1.53. The van der Waals surface area contributed by atoms with Crippen LogP contribution in [0.1, 0.15) is 17.2 Å². The Bertz CT molecular complexity index is 439. The van der Waals surface area contributed by atoms with E-state index in [0.717, 1.165) is 6.07 Å². The van der Waals surface area contributed by atoms with Crippen molar-refractivity contribution >= 4 is 23.0 Å². The van der Waals surface area contributed by atoms with Crippen LogP contribution < -0.4 is 5.73 Å². The third kappa shape index (κ3) is 2.85. The Kier molecular flexibility index (Phi) is 4.28. The SMILES string of the molecule is Cc1cc(C(O)C(O)CCl)c(N)cc1[N+](=O)[O-]. The molecule has 0 saturated carbocycles. The fourth-order valence-corrected chi connectivity index (χ4v) is 1.65. The van der Waals surface area contributed by atoms with Crippen LogP contribution >= 0.6 is 11.6 Å². The number of anilines is 1. The number of aliphatic hydroxyl groups excluding tert-OH is 2. The molecule has 0 aliphatic heterocycles. The van der Waals surface area contributed by atoms with Crippen molar-refractivity contribution in [2.45, 2.75) is 19.1 Å². The summed E-state index contributed by atoms with van der Waals surface area (Å²) < 4.78 is 0. The van der Waals surface area contributed by atoms with Crippen molar-refractivity contribution in [2.24, 2.45) is 0 Å². The number of benzene rings is 1. The molecule has 2 unspecified atom stereocenters. The van der Waals surface area contributed by atoms with Crippen LogP contribution in [-0.2, 0) is 0 Å². The van der Waals surface area contributed by atoms with Crippen molar-refractivity contribution in [3.63, 3.8) is 0 Å². The van der Waals surface area contributed by atoms with Crippen molar-refractivity contribution in [3.05, 3.63) is 33.4 Å². The Balaban J connectivity index is 3.20. The van der Waals surface area contributed by atoms with Crippen LogP contribution in [0.25, 0.3) is 0 Å². The Labute approximate surface area is 103 Å². The zero-order chi connectivity index (χ0) is 13.2. The van der Waals surface area contributed by atoms with Crippen molar-refractivity contribution in [1.29, 1.82) is 0 Å². The molecule has 0 aliphatic carbocycles. The standard InChI is InChI=1S/C10H13ClN2O4/c1-5-2-6(10(15)9(14)4-11)7(12)3-8(5)13(16)17/h2-3,9-10,14-15H,4,12H2,1H3. The average Bonchev–Trinajstić information content (AvgIpc) is 2.29. The molecule has 0 amide bonds. The van der Waals surface area contributed by atoms with Crippen molar-refractivity contribution in [2.75, 3.05) is 11.6 Å². The summed E-state index contributed by atoms with van der Waals surface area (Å²) in [6.07, 6.45) is -2.42. The highest BCUT2D eigenvalue weighted by atomic mass is 35.5. The Morgan fingerprint density at radius 3 is 2.59 bits per heavy atom. The maximum atomic E-state index is 10.7. The Hall–Kier alpha value is -1.37. The first-order valence-corrected chi connectivity index (χ1v) is 5.38. The summed E-state index contributed by atoms with van der Waals surface area (Å²) in [5.41, 5.74) is 6.13. The lowest BCUT2D eigenvalue weighted by atomic mass is 10.00. The van der Waals surface area contributed by atoms with E-state index in [1.54, 1.807) is 0 Å². The van der Waals surface area contributed by atoms with Crippen LogP contribution in [0.2, 0.25) is 0 Å². The van der Waals surface area contributed by atoms with Gasteiger partial charge in [0.1, 0.15) is 6.10 Å². The van der Waals surface area contributed by atoms with Crippen LogP contribution in [0.5, 0.6) is 0 Å². The minimum atomic E-state index is -1.26. The summed E-state index contributed by atoms with van der Waals surface area (Å²) >= 11 is 5.41. The maximum absolute atomic E-state index is 10.7. The van der Waals surface area contributed by atoms with Crippen molar-refractivity contribution in [1.82, 2.24) is 0 Å². The number of alkyl halides is 1. The minimum absolute atomic E-state index is 0.0546. The molecule has 0 aliphatic rings. The zero-order valence-electron chi connectivity index (χ0n) is 9.13. The number of hydrogen-bond acceptors (Lipinski definition) is 5. The average molecular weight is 261 g/mol. The van der Waals surface area contributed by atoms with Crippen LogP contribution in [0.15, 0.2) is 12.1 Å². The van der Waals surface area contributed by atoms with Gasteiger partial charge in [-0.2, -0.15) is 0 Å². The Morgan fingerprint density at radius 2 is 2.12 bits per heavy atom. The molecule has 17 heavy (non-hydrogen) atoms. The predicted octanol–water partition coefficient (Wildman–Crippen LogP) is 1.12. The second kappa shape index (κ2) is 5.31. The summed E-state index contributed by atoms with van der Waals surface area (Å²) in [5, 5.41) is 29.8. The highest BCUT2D eigenvalue weighted by Crippen LogP contribution is 2.30. The molecule has 0 aromatic heterocycles. The van der Waals surface area contributed by atoms with Gasteiger partial charge in [0.05, 0.1) is 16.9 Å². The molecule has 1 aromatic rings. The second-order valence-corrected chi connectivity index (χ2v) is 4.00. The van der Waals surface area contributed by atoms with Gasteiger partial charge in [-0.25, -0.2) is 0 Å². The normalized spacial score (nSPS) is 14.4. The van der Waals surface area contributed by atoms with E-state index in [-0.39, 0.29) is 22.8 Å². The molecule has 6 nitrogen and oxygen atoms in total. The number of halogens is 1. The molecule has 0 bridgehead atoms. The van der Waals surface area contributed by atoms with Gasteiger partial charge in [-0.15, -0.1) is 11.6 Å². The van der Waals surface area contributed by atoms with E-state index in [9.17, 15) is 20.3 Å². The fourth-order valence-electron chi connectivity index (χ4n) is 1.48. The lowest BCUT2D eigenvalue weighted by Gasteiger charge is -2.18. The van der Waals surface area contributed by atoms with Gasteiger partial charge in [-0.3, -0.25) is 10.1 Å². The lowest BCUT2D eigenvalue weighted by Crippen LogP contribution is -2.21.